The van der Waals surface area contributed by atoms with Crippen LogP contribution >= 0.6 is 47.2 Å². The normalized spacial score (nSPS) is 23.6. The number of ether oxygens (including phenoxy) is 1. The number of halogens is 3. The zero-order valence-electron chi connectivity index (χ0n) is 13.9. The average Bonchev–Trinajstić information content (AvgIpc) is 3.17. The van der Waals surface area contributed by atoms with Crippen LogP contribution in [0.15, 0.2) is 23.2 Å². The van der Waals surface area contributed by atoms with E-state index in [4.69, 9.17) is 27.9 Å². The Morgan fingerprint density at radius 1 is 1.33 bits per heavy atom. The maximum absolute atomic E-state index is 6.22. The second-order valence-corrected chi connectivity index (χ2v) is 7.21. The summed E-state index contributed by atoms with van der Waals surface area (Å²) in [7, 11) is 1.83. The molecule has 0 radical (unpaired) electrons. The Balaban J connectivity index is 0.00000208. The quantitative estimate of drug-likeness (QED) is 0.403. The molecule has 0 saturated carbocycles. The molecule has 1 unspecified atom stereocenters. The van der Waals surface area contributed by atoms with Gasteiger partial charge in [-0.1, -0.05) is 29.3 Å². The van der Waals surface area contributed by atoms with Crippen LogP contribution in [0.5, 0.6) is 0 Å². The molecule has 1 aromatic carbocycles. The van der Waals surface area contributed by atoms with E-state index in [1.54, 1.807) is 0 Å². The smallest absolute Gasteiger partial charge is 0.193 e. The lowest BCUT2D eigenvalue weighted by Crippen LogP contribution is -2.42. The van der Waals surface area contributed by atoms with Crippen molar-refractivity contribution in [1.82, 2.24) is 10.2 Å². The number of rotatable bonds is 3. The fraction of sp³-hybridized carbons (Fsp3) is 0.588. The van der Waals surface area contributed by atoms with Gasteiger partial charge in [0.15, 0.2) is 5.96 Å². The van der Waals surface area contributed by atoms with E-state index in [-0.39, 0.29) is 24.0 Å². The number of hydrogen-bond acceptors (Lipinski definition) is 2. The molecule has 2 aliphatic rings. The molecule has 2 heterocycles. The maximum Gasteiger partial charge on any atom is 0.193 e. The van der Waals surface area contributed by atoms with Crippen molar-refractivity contribution < 1.29 is 4.74 Å². The minimum Gasteiger partial charge on any atom is -0.381 e. The minimum absolute atomic E-state index is 0. The van der Waals surface area contributed by atoms with Gasteiger partial charge < -0.3 is 15.0 Å². The zero-order chi connectivity index (χ0) is 16.3. The SMILES string of the molecule is CN=C(NCCc1c(Cl)cccc1Cl)N1CCC2(CCOC2)C1.I. The number of nitrogens with one attached hydrogen (secondary N) is 1. The van der Waals surface area contributed by atoms with E-state index in [1.165, 1.54) is 6.42 Å². The van der Waals surface area contributed by atoms with Crippen molar-refractivity contribution in [3.8, 4) is 0 Å². The number of nitrogens with zero attached hydrogens (tertiary/aromatic N) is 2. The molecule has 3 rings (SSSR count). The van der Waals surface area contributed by atoms with Crippen LogP contribution in [0.25, 0.3) is 0 Å². The Labute approximate surface area is 171 Å². The van der Waals surface area contributed by atoms with Gasteiger partial charge in [-0.05, 0) is 37.0 Å². The highest BCUT2D eigenvalue weighted by Crippen LogP contribution is 2.38. The average molecular weight is 484 g/mol. The molecule has 0 bridgehead atoms. The summed E-state index contributed by atoms with van der Waals surface area (Å²) in [6.07, 6.45) is 3.12. The molecule has 0 aliphatic carbocycles. The van der Waals surface area contributed by atoms with Gasteiger partial charge in [0, 0.05) is 48.7 Å². The molecule has 1 atom stereocenters. The van der Waals surface area contributed by atoms with E-state index >= 15 is 0 Å². The summed E-state index contributed by atoms with van der Waals surface area (Å²) in [5.41, 5.74) is 1.32. The summed E-state index contributed by atoms with van der Waals surface area (Å²) in [4.78, 5) is 6.76. The summed E-state index contributed by atoms with van der Waals surface area (Å²) in [6, 6.07) is 5.62. The van der Waals surface area contributed by atoms with Crippen molar-refractivity contribution in [2.24, 2.45) is 10.4 Å². The summed E-state index contributed by atoms with van der Waals surface area (Å²) in [5.74, 6) is 0.956. The number of aliphatic imine (C=N–C) groups is 1. The van der Waals surface area contributed by atoms with Crippen LogP contribution in [0, 0.1) is 5.41 Å². The third-order valence-electron chi connectivity index (χ3n) is 4.85. The highest BCUT2D eigenvalue weighted by molar-refractivity contribution is 14.0. The molecule has 0 aromatic heterocycles. The van der Waals surface area contributed by atoms with Crippen LogP contribution in [0.1, 0.15) is 18.4 Å². The van der Waals surface area contributed by atoms with Gasteiger partial charge in [0.05, 0.1) is 6.61 Å². The van der Waals surface area contributed by atoms with Crippen molar-refractivity contribution >= 4 is 53.1 Å². The van der Waals surface area contributed by atoms with Gasteiger partial charge in [-0.2, -0.15) is 0 Å². The second kappa shape index (κ2) is 8.92. The van der Waals surface area contributed by atoms with E-state index in [1.807, 2.05) is 25.2 Å². The molecule has 1 aromatic rings. The lowest BCUT2D eigenvalue weighted by Gasteiger charge is -2.25. The lowest BCUT2D eigenvalue weighted by molar-refractivity contribution is 0.156. The minimum atomic E-state index is 0. The molecule has 134 valence electrons. The van der Waals surface area contributed by atoms with Crippen molar-refractivity contribution in [3.05, 3.63) is 33.8 Å². The standard InChI is InChI=1S/C17H23Cl2N3O.HI/c1-20-16(22-9-6-17(11-22)7-10-23-12-17)21-8-5-13-14(18)3-2-4-15(13)19;/h2-4H,5-12H2,1H3,(H,20,21);1H. The van der Waals surface area contributed by atoms with Crippen LogP contribution < -0.4 is 5.32 Å². The first kappa shape index (κ1) is 20.1. The van der Waals surface area contributed by atoms with Crippen molar-refractivity contribution in [1.29, 1.82) is 0 Å². The summed E-state index contributed by atoms with van der Waals surface area (Å²) >= 11 is 12.4. The fourth-order valence-corrected chi connectivity index (χ4v) is 4.08. The maximum atomic E-state index is 6.22. The lowest BCUT2D eigenvalue weighted by atomic mass is 9.87. The number of guanidine groups is 1. The molecule has 2 saturated heterocycles. The molecular weight excluding hydrogens is 460 g/mol. The first-order valence-electron chi connectivity index (χ1n) is 8.10. The highest BCUT2D eigenvalue weighted by Gasteiger charge is 2.42. The molecule has 2 aliphatic heterocycles. The van der Waals surface area contributed by atoms with Crippen LogP contribution in [-0.2, 0) is 11.2 Å². The van der Waals surface area contributed by atoms with Crippen LogP contribution in [0.3, 0.4) is 0 Å². The van der Waals surface area contributed by atoms with E-state index in [2.05, 4.69) is 15.2 Å². The molecular formula is C17H24Cl2IN3O. The third kappa shape index (κ3) is 4.48. The number of benzene rings is 1. The predicted octanol–water partition coefficient (Wildman–Crippen LogP) is 3.84. The van der Waals surface area contributed by atoms with Gasteiger partial charge in [-0.25, -0.2) is 0 Å². The summed E-state index contributed by atoms with van der Waals surface area (Å²) in [5, 5.41) is 4.88. The largest absolute Gasteiger partial charge is 0.381 e. The molecule has 1 spiro atoms. The molecule has 2 fully saturated rings. The molecule has 1 N–H and O–H groups in total. The van der Waals surface area contributed by atoms with Crippen LogP contribution in [0.2, 0.25) is 10.0 Å². The van der Waals surface area contributed by atoms with Crippen LogP contribution in [-0.4, -0.2) is 50.8 Å². The molecule has 7 heteroatoms. The Hall–Kier alpha value is -0.240. The van der Waals surface area contributed by atoms with Crippen LogP contribution in [0.4, 0.5) is 0 Å². The number of hydrogen-bond donors (Lipinski definition) is 1. The Morgan fingerprint density at radius 2 is 2.08 bits per heavy atom. The van der Waals surface area contributed by atoms with Gasteiger partial charge in [-0.15, -0.1) is 24.0 Å². The Kier molecular flexibility index (Phi) is 7.46. The monoisotopic (exact) mass is 483 g/mol. The summed E-state index contributed by atoms with van der Waals surface area (Å²) < 4.78 is 5.59. The number of likely N-dealkylation sites (tertiary alicyclic amines) is 1. The highest BCUT2D eigenvalue weighted by atomic mass is 127. The second-order valence-electron chi connectivity index (χ2n) is 6.40. The Morgan fingerprint density at radius 3 is 2.71 bits per heavy atom. The van der Waals surface area contributed by atoms with E-state index in [9.17, 15) is 0 Å². The van der Waals surface area contributed by atoms with E-state index in [0.29, 0.717) is 5.41 Å². The Bertz CT molecular complexity index is 571. The first-order chi connectivity index (χ1) is 11.1. The topological polar surface area (TPSA) is 36.9 Å². The zero-order valence-corrected chi connectivity index (χ0v) is 17.7. The van der Waals surface area contributed by atoms with E-state index in [0.717, 1.165) is 67.3 Å². The molecule has 4 nitrogen and oxygen atoms in total. The van der Waals surface area contributed by atoms with Gasteiger partial charge in [0.25, 0.3) is 0 Å². The van der Waals surface area contributed by atoms with Crippen molar-refractivity contribution in [2.75, 3.05) is 39.9 Å². The first-order valence-corrected chi connectivity index (χ1v) is 8.85. The molecule has 24 heavy (non-hydrogen) atoms. The van der Waals surface area contributed by atoms with Crippen molar-refractivity contribution in [2.45, 2.75) is 19.3 Å². The van der Waals surface area contributed by atoms with Gasteiger partial charge in [0.1, 0.15) is 0 Å². The third-order valence-corrected chi connectivity index (χ3v) is 5.56. The predicted molar refractivity (Wildman–Crippen MR) is 111 cm³/mol. The summed E-state index contributed by atoms with van der Waals surface area (Å²) in [6.45, 7) is 4.60. The van der Waals surface area contributed by atoms with Gasteiger partial charge in [-0.3, -0.25) is 4.99 Å². The fourth-order valence-electron chi connectivity index (χ4n) is 3.49. The van der Waals surface area contributed by atoms with Crippen molar-refractivity contribution in [3.63, 3.8) is 0 Å². The van der Waals surface area contributed by atoms with Gasteiger partial charge >= 0.3 is 0 Å². The van der Waals surface area contributed by atoms with Gasteiger partial charge in [0.2, 0.25) is 0 Å². The van der Waals surface area contributed by atoms with E-state index < -0.39 is 0 Å². The molecule has 0 amide bonds.